The molecule has 1 fully saturated rings. The summed E-state index contributed by atoms with van der Waals surface area (Å²) < 4.78 is 5.80. The Hall–Kier alpha value is -1.02. The Kier molecular flexibility index (Phi) is 4.23. The second kappa shape index (κ2) is 5.90. The molecule has 0 aliphatic heterocycles. The highest BCUT2D eigenvalue weighted by molar-refractivity contribution is 5.28. The highest BCUT2D eigenvalue weighted by Gasteiger charge is 2.17. The molecule has 0 unspecified atom stereocenters. The molecule has 88 valence electrons. The van der Waals surface area contributed by atoms with Crippen LogP contribution in [0.4, 0.5) is 0 Å². The molecule has 1 aliphatic rings. The summed E-state index contributed by atoms with van der Waals surface area (Å²) in [6, 6.07) is 8.40. The minimum atomic E-state index is 0.803. The van der Waals surface area contributed by atoms with Crippen molar-refractivity contribution < 1.29 is 4.74 Å². The zero-order valence-corrected chi connectivity index (χ0v) is 10.0. The molecule has 0 aromatic heterocycles. The summed E-state index contributed by atoms with van der Waals surface area (Å²) in [7, 11) is 0. The molecule has 2 nitrogen and oxygen atoms in total. The van der Waals surface area contributed by atoms with Gasteiger partial charge in [-0.1, -0.05) is 25.5 Å². The fourth-order valence-corrected chi connectivity index (χ4v) is 1.89. The minimum Gasteiger partial charge on any atom is -0.493 e. The van der Waals surface area contributed by atoms with Crippen LogP contribution in [0.15, 0.2) is 24.3 Å². The van der Waals surface area contributed by atoms with Gasteiger partial charge in [-0.3, -0.25) is 0 Å². The Bertz CT molecular complexity index is 320. The third-order valence-corrected chi connectivity index (χ3v) is 3.19. The molecule has 0 saturated heterocycles. The van der Waals surface area contributed by atoms with Crippen LogP contribution >= 0.6 is 0 Å². The lowest BCUT2D eigenvalue weighted by atomic mass is 9.86. The van der Waals surface area contributed by atoms with E-state index in [0.29, 0.717) is 0 Å². The summed E-state index contributed by atoms with van der Waals surface area (Å²) in [5, 5.41) is 3.32. The highest BCUT2D eigenvalue weighted by atomic mass is 16.5. The summed E-state index contributed by atoms with van der Waals surface area (Å²) in [6.07, 6.45) is 4.07. The zero-order chi connectivity index (χ0) is 11.2. The van der Waals surface area contributed by atoms with Gasteiger partial charge in [0.25, 0.3) is 0 Å². The molecule has 1 aliphatic carbocycles. The molecule has 16 heavy (non-hydrogen) atoms. The molecule has 0 spiro atoms. The maximum absolute atomic E-state index is 5.80. The van der Waals surface area contributed by atoms with Crippen molar-refractivity contribution in [2.24, 2.45) is 5.92 Å². The van der Waals surface area contributed by atoms with E-state index in [9.17, 15) is 0 Å². The lowest BCUT2D eigenvalue weighted by molar-refractivity contribution is 0.180. The van der Waals surface area contributed by atoms with E-state index in [2.05, 4.69) is 30.4 Å². The molecule has 0 heterocycles. The number of benzene rings is 1. The first-order valence-corrected chi connectivity index (χ1v) is 6.31. The molecule has 0 bridgehead atoms. The van der Waals surface area contributed by atoms with Crippen LogP contribution in [-0.2, 0) is 6.54 Å². The van der Waals surface area contributed by atoms with E-state index in [-0.39, 0.29) is 0 Å². The van der Waals surface area contributed by atoms with Crippen LogP contribution in [0.2, 0.25) is 0 Å². The Labute approximate surface area is 98.0 Å². The Morgan fingerprint density at radius 1 is 1.38 bits per heavy atom. The first kappa shape index (κ1) is 11.5. The summed E-state index contributed by atoms with van der Waals surface area (Å²) in [5.41, 5.74) is 1.30. The van der Waals surface area contributed by atoms with Crippen molar-refractivity contribution in [2.75, 3.05) is 13.2 Å². The summed E-state index contributed by atoms with van der Waals surface area (Å²) in [5.74, 6) is 1.82. The smallest absolute Gasteiger partial charge is 0.119 e. The van der Waals surface area contributed by atoms with Gasteiger partial charge in [-0.15, -0.1) is 0 Å². The molecule has 1 aromatic carbocycles. The predicted octanol–water partition coefficient (Wildman–Crippen LogP) is 2.98. The molecule has 0 radical (unpaired) electrons. The van der Waals surface area contributed by atoms with Crippen LogP contribution < -0.4 is 10.1 Å². The molecular formula is C14H21NO. The van der Waals surface area contributed by atoms with Gasteiger partial charge in [-0.2, -0.15) is 0 Å². The maximum Gasteiger partial charge on any atom is 0.119 e. The molecule has 1 saturated carbocycles. The van der Waals surface area contributed by atoms with E-state index in [4.69, 9.17) is 4.74 Å². The van der Waals surface area contributed by atoms with Gasteiger partial charge in [0.15, 0.2) is 0 Å². The summed E-state index contributed by atoms with van der Waals surface area (Å²) in [6.45, 7) is 4.95. The average Bonchev–Trinajstić information content (AvgIpc) is 2.25. The van der Waals surface area contributed by atoms with Crippen LogP contribution in [0.1, 0.15) is 31.7 Å². The molecule has 0 amide bonds. The van der Waals surface area contributed by atoms with E-state index < -0.39 is 0 Å². The molecule has 0 atom stereocenters. The number of nitrogens with one attached hydrogen (secondary N) is 1. The lowest BCUT2D eigenvalue weighted by Gasteiger charge is -2.25. The second-order valence-corrected chi connectivity index (χ2v) is 4.54. The second-order valence-electron chi connectivity index (χ2n) is 4.54. The Morgan fingerprint density at radius 2 is 2.25 bits per heavy atom. The van der Waals surface area contributed by atoms with E-state index in [0.717, 1.165) is 31.4 Å². The van der Waals surface area contributed by atoms with Crippen molar-refractivity contribution in [3.8, 4) is 5.75 Å². The fraction of sp³-hybridized carbons (Fsp3) is 0.571. The van der Waals surface area contributed by atoms with E-state index in [1.807, 2.05) is 6.07 Å². The van der Waals surface area contributed by atoms with Gasteiger partial charge in [0.2, 0.25) is 0 Å². The lowest BCUT2D eigenvalue weighted by Crippen LogP contribution is -2.19. The quantitative estimate of drug-likeness (QED) is 0.794. The van der Waals surface area contributed by atoms with Gasteiger partial charge in [0, 0.05) is 6.54 Å². The fourth-order valence-electron chi connectivity index (χ4n) is 1.89. The van der Waals surface area contributed by atoms with Gasteiger partial charge >= 0.3 is 0 Å². The average molecular weight is 219 g/mol. The monoisotopic (exact) mass is 219 g/mol. The third kappa shape index (κ3) is 3.24. The zero-order valence-electron chi connectivity index (χ0n) is 10.0. The van der Waals surface area contributed by atoms with Crippen molar-refractivity contribution in [1.82, 2.24) is 5.32 Å². The Balaban J connectivity index is 1.82. The van der Waals surface area contributed by atoms with Crippen molar-refractivity contribution in [3.05, 3.63) is 29.8 Å². The predicted molar refractivity (Wildman–Crippen MR) is 66.7 cm³/mol. The van der Waals surface area contributed by atoms with Gasteiger partial charge in [0.1, 0.15) is 5.75 Å². The van der Waals surface area contributed by atoms with E-state index in [1.165, 1.54) is 24.8 Å². The van der Waals surface area contributed by atoms with Crippen LogP contribution in [0.5, 0.6) is 5.75 Å². The SMILES string of the molecule is CCNCc1cccc(OCC2CCC2)c1. The van der Waals surface area contributed by atoms with Crippen molar-refractivity contribution >= 4 is 0 Å². The number of hydrogen-bond donors (Lipinski definition) is 1. The van der Waals surface area contributed by atoms with Crippen molar-refractivity contribution in [1.29, 1.82) is 0 Å². The van der Waals surface area contributed by atoms with Gasteiger partial charge < -0.3 is 10.1 Å². The van der Waals surface area contributed by atoms with Crippen molar-refractivity contribution in [2.45, 2.75) is 32.7 Å². The van der Waals surface area contributed by atoms with Gasteiger partial charge in [-0.05, 0) is 43.0 Å². The third-order valence-electron chi connectivity index (χ3n) is 3.19. The largest absolute Gasteiger partial charge is 0.493 e. The first-order valence-electron chi connectivity index (χ1n) is 6.31. The maximum atomic E-state index is 5.80. The number of ether oxygens (including phenoxy) is 1. The molecule has 2 heteroatoms. The topological polar surface area (TPSA) is 21.3 Å². The highest BCUT2D eigenvalue weighted by Crippen LogP contribution is 2.27. The summed E-state index contributed by atoms with van der Waals surface area (Å²) >= 11 is 0. The van der Waals surface area contributed by atoms with Crippen LogP contribution in [0, 0.1) is 5.92 Å². The Morgan fingerprint density at radius 3 is 2.94 bits per heavy atom. The van der Waals surface area contributed by atoms with E-state index in [1.54, 1.807) is 0 Å². The molecule has 2 rings (SSSR count). The van der Waals surface area contributed by atoms with Crippen LogP contribution in [-0.4, -0.2) is 13.2 Å². The number of hydrogen-bond acceptors (Lipinski definition) is 2. The molecular weight excluding hydrogens is 198 g/mol. The van der Waals surface area contributed by atoms with Gasteiger partial charge in [-0.25, -0.2) is 0 Å². The van der Waals surface area contributed by atoms with E-state index >= 15 is 0 Å². The normalized spacial score (nSPS) is 15.8. The van der Waals surface area contributed by atoms with Crippen LogP contribution in [0.3, 0.4) is 0 Å². The minimum absolute atomic E-state index is 0.803. The standard InChI is InChI=1S/C14H21NO/c1-2-15-10-13-7-4-8-14(9-13)16-11-12-5-3-6-12/h4,7-9,12,15H,2-3,5-6,10-11H2,1H3. The first-order chi connectivity index (χ1) is 7.88. The van der Waals surface area contributed by atoms with Crippen LogP contribution in [0.25, 0.3) is 0 Å². The number of rotatable bonds is 6. The molecule has 1 N–H and O–H groups in total. The molecule has 1 aromatic rings. The van der Waals surface area contributed by atoms with Gasteiger partial charge in [0.05, 0.1) is 6.61 Å². The summed E-state index contributed by atoms with van der Waals surface area (Å²) in [4.78, 5) is 0. The van der Waals surface area contributed by atoms with Crippen molar-refractivity contribution in [3.63, 3.8) is 0 Å².